The molecular weight excluding hydrogens is 374 g/mol. The average Bonchev–Trinajstić information content (AvgIpc) is 3.42. The second-order valence-corrected chi connectivity index (χ2v) is 8.02. The normalized spacial score (nSPS) is 16.7. The first-order chi connectivity index (χ1) is 14.7. The van der Waals surface area contributed by atoms with Crippen LogP contribution in [0.5, 0.6) is 0 Å². The van der Waals surface area contributed by atoms with E-state index in [-0.39, 0.29) is 12.0 Å². The van der Waals surface area contributed by atoms with Crippen molar-refractivity contribution in [2.45, 2.75) is 38.9 Å². The summed E-state index contributed by atoms with van der Waals surface area (Å²) in [4.78, 5) is 2.46. The van der Waals surface area contributed by atoms with E-state index < -0.39 is 0 Å². The van der Waals surface area contributed by atoms with Crippen LogP contribution in [0, 0.1) is 0 Å². The van der Waals surface area contributed by atoms with Crippen molar-refractivity contribution in [1.82, 2.24) is 34.9 Å². The van der Waals surface area contributed by atoms with Gasteiger partial charge in [-0.05, 0) is 34.0 Å². The van der Waals surface area contributed by atoms with Crippen molar-refractivity contribution in [2.24, 2.45) is 0 Å². The highest BCUT2D eigenvalue weighted by molar-refractivity contribution is 5.37. The van der Waals surface area contributed by atoms with Crippen LogP contribution in [0.2, 0.25) is 0 Å². The van der Waals surface area contributed by atoms with Gasteiger partial charge in [0.15, 0.2) is 5.82 Å². The Labute approximate surface area is 176 Å². The van der Waals surface area contributed by atoms with Gasteiger partial charge in [-0.1, -0.05) is 62.4 Å². The van der Waals surface area contributed by atoms with Crippen LogP contribution in [0.3, 0.4) is 0 Å². The van der Waals surface area contributed by atoms with Crippen LogP contribution in [-0.4, -0.2) is 41.4 Å². The van der Waals surface area contributed by atoms with Gasteiger partial charge in [0, 0.05) is 24.8 Å². The largest absolute Gasteiger partial charge is 0.283 e. The number of tetrazole rings is 1. The average molecular weight is 400 g/mol. The SMILES string of the molecule is CC(C)c1nn(-c2ccccc2)cc1C1c2nnnn2CCN1Cc1ccccc1. The van der Waals surface area contributed by atoms with Crippen LogP contribution in [0.25, 0.3) is 5.69 Å². The predicted octanol–water partition coefficient (Wildman–Crippen LogP) is 3.59. The standard InChI is InChI=1S/C23H25N7/c1-17(2)21-20(16-30(25-21)19-11-7-4-8-12-19)22-23-24-26-27-29(23)14-13-28(22)15-18-9-5-3-6-10-18/h3-12,16-17,22H,13-15H2,1-2H3. The maximum absolute atomic E-state index is 4.97. The van der Waals surface area contributed by atoms with Gasteiger partial charge in [-0.3, -0.25) is 4.90 Å². The molecule has 7 heteroatoms. The van der Waals surface area contributed by atoms with E-state index in [4.69, 9.17) is 5.10 Å². The molecule has 4 aromatic rings. The molecule has 0 N–H and O–H groups in total. The van der Waals surface area contributed by atoms with Crippen LogP contribution in [-0.2, 0) is 13.1 Å². The summed E-state index contributed by atoms with van der Waals surface area (Å²) in [6, 6.07) is 20.8. The van der Waals surface area contributed by atoms with Crippen LogP contribution < -0.4 is 0 Å². The van der Waals surface area contributed by atoms with Gasteiger partial charge in [-0.15, -0.1) is 5.10 Å². The van der Waals surface area contributed by atoms with E-state index in [1.54, 1.807) is 0 Å². The summed E-state index contributed by atoms with van der Waals surface area (Å²) in [7, 11) is 0. The van der Waals surface area contributed by atoms with Gasteiger partial charge in [0.05, 0.1) is 17.9 Å². The van der Waals surface area contributed by atoms with Crippen molar-refractivity contribution in [1.29, 1.82) is 0 Å². The minimum absolute atomic E-state index is 0.0381. The topological polar surface area (TPSA) is 64.7 Å². The third-order valence-corrected chi connectivity index (χ3v) is 5.63. The van der Waals surface area contributed by atoms with E-state index >= 15 is 0 Å². The second-order valence-electron chi connectivity index (χ2n) is 8.02. The highest BCUT2D eigenvalue weighted by Crippen LogP contribution is 2.35. The summed E-state index contributed by atoms with van der Waals surface area (Å²) in [6.07, 6.45) is 2.15. The zero-order valence-corrected chi connectivity index (χ0v) is 17.3. The van der Waals surface area contributed by atoms with Crippen molar-refractivity contribution < 1.29 is 0 Å². The Morgan fingerprint density at radius 1 is 0.967 bits per heavy atom. The molecule has 0 saturated heterocycles. The number of benzene rings is 2. The molecule has 152 valence electrons. The number of aromatic nitrogens is 6. The van der Waals surface area contributed by atoms with Gasteiger partial charge in [0.2, 0.25) is 0 Å². The summed E-state index contributed by atoms with van der Waals surface area (Å²) in [6.45, 7) is 6.89. The van der Waals surface area contributed by atoms with Gasteiger partial charge < -0.3 is 0 Å². The monoisotopic (exact) mass is 399 g/mol. The summed E-state index contributed by atoms with van der Waals surface area (Å²) < 4.78 is 3.91. The smallest absolute Gasteiger partial charge is 0.173 e. The van der Waals surface area contributed by atoms with Crippen molar-refractivity contribution in [3.63, 3.8) is 0 Å². The molecule has 0 spiro atoms. The van der Waals surface area contributed by atoms with Crippen molar-refractivity contribution in [2.75, 3.05) is 6.54 Å². The molecule has 0 amide bonds. The highest BCUT2D eigenvalue weighted by Gasteiger charge is 2.35. The Morgan fingerprint density at radius 2 is 1.70 bits per heavy atom. The highest BCUT2D eigenvalue weighted by atomic mass is 15.6. The fraction of sp³-hybridized carbons (Fsp3) is 0.304. The lowest BCUT2D eigenvalue weighted by molar-refractivity contribution is 0.163. The number of hydrogen-bond donors (Lipinski definition) is 0. The molecule has 1 unspecified atom stereocenters. The van der Waals surface area contributed by atoms with E-state index in [9.17, 15) is 0 Å². The van der Waals surface area contributed by atoms with Gasteiger partial charge in [-0.25, -0.2) is 9.36 Å². The maximum Gasteiger partial charge on any atom is 0.173 e. The summed E-state index contributed by atoms with van der Waals surface area (Å²) in [5.41, 5.74) is 4.58. The van der Waals surface area contributed by atoms with Gasteiger partial charge >= 0.3 is 0 Å². The van der Waals surface area contributed by atoms with Gasteiger partial charge in [0.1, 0.15) is 6.04 Å². The molecule has 0 aliphatic carbocycles. The molecule has 1 aliphatic heterocycles. The first-order valence-corrected chi connectivity index (χ1v) is 10.4. The second kappa shape index (κ2) is 7.84. The third kappa shape index (κ3) is 3.41. The molecule has 30 heavy (non-hydrogen) atoms. The summed E-state index contributed by atoms with van der Waals surface area (Å²) in [5.74, 6) is 1.17. The number of hydrogen-bond acceptors (Lipinski definition) is 5. The molecule has 3 heterocycles. The van der Waals surface area contributed by atoms with Gasteiger partial charge in [0.25, 0.3) is 0 Å². The Morgan fingerprint density at radius 3 is 2.43 bits per heavy atom. The van der Waals surface area contributed by atoms with Crippen LogP contribution >= 0.6 is 0 Å². The molecule has 0 radical (unpaired) electrons. The molecule has 1 atom stereocenters. The molecule has 2 aromatic heterocycles. The Bertz CT molecular complexity index is 1110. The van der Waals surface area contributed by atoms with E-state index in [0.717, 1.165) is 36.8 Å². The fourth-order valence-electron chi connectivity index (χ4n) is 4.18. The molecule has 0 bridgehead atoms. The van der Waals surface area contributed by atoms with E-state index in [0.29, 0.717) is 0 Å². The number of rotatable bonds is 5. The molecular formula is C23H25N7. The Hall–Kier alpha value is -3.32. The van der Waals surface area contributed by atoms with E-state index in [1.165, 1.54) is 11.1 Å². The molecule has 7 nitrogen and oxygen atoms in total. The number of nitrogens with zero attached hydrogens (tertiary/aromatic N) is 7. The quantitative estimate of drug-likeness (QED) is 0.513. The molecule has 0 fully saturated rings. The Balaban J connectivity index is 1.61. The zero-order valence-electron chi connectivity index (χ0n) is 17.3. The molecule has 5 rings (SSSR count). The lowest BCUT2D eigenvalue weighted by Gasteiger charge is -2.34. The van der Waals surface area contributed by atoms with Crippen LogP contribution in [0.1, 0.15) is 48.5 Å². The molecule has 0 saturated carbocycles. The lowest BCUT2D eigenvalue weighted by Crippen LogP contribution is -2.39. The third-order valence-electron chi connectivity index (χ3n) is 5.63. The minimum Gasteiger partial charge on any atom is -0.283 e. The zero-order chi connectivity index (χ0) is 20.5. The predicted molar refractivity (Wildman–Crippen MR) is 114 cm³/mol. The molecule has 2 aromatic carbocycles. The molecule has 1 aliphatic rings. The van der Waals surface area contributed by atoms with Crippen molar-refractivity contribution in [3.8, 4) is 5.69 Å². The van der Waals surface area contributed by atoms with E-state index in [1.807, 2.05) is 27.6 Å². The summed E-state index contributed by atoms with van der Waals surface area (Å²) >= 11 is 0. The van der Waals surface area contributed by atoms with Crippen molar-refractivity contribution >= 4 is 0 Å². The Kier molecular flexibility index (Phi) is 4.88. The maximum atomic E-state index is 4.97. The minimum atomic E-state index is -0.0381. The van der Waals surface area contributed by atoms with Crippen molar-refractivity contribution in [3.05, 3.63) is 89.5 Å². The number of para-hydroxylation sites is 1. The fourth-order valence-corrected chi connectivity index (χ4v) is 4.18. The lowest BCUT2D eigenvalue weighted by atomic mass is 9.97. The van der Waals surface area contributed by atoms with Crippen LogP contribution in [0.4, 0.5) is 0 Å². The van der Waals surface area contributed by atoms with Gasteiger partial charge in [-0.2, -0.15) is 5.10 Å². The van der Waals surface area contributed by atoms with Crippen LogP contribution in [0.15, 0.2) is 66.9 Å². The summed E-state index contributed by atoms with van der Waals surface area (Å²) in [5, 5.41) is 17.6. The first kappa shape index (κ1) is 18.7. The first-order valence-electron chi connectivity index (χ1n) is 10.4. The van der Waals surface area contributed by atoms with E-state index in [2.05, 4.69) is 82.9 Å². The number of fused-ring (bicyclic) bond motifs is 1.